The maximum Gasteiger partial charge on any atom is 0.325 e. The Kier molecular flexibility index (Phi) is 4.69. The minimum Gasteiger partial charge on any atom is -0.319 e. The first-order valence-electron chi connectivity index (χ1n) is 8.46. The summed E-state index contributed by atoms with van der Waals surface area (Å²) in [6, 6.07) is 6.27. The molecule has 0 radical (unpaired) electrons. The van der Waals surface area contributed by atoms with Gasteiger partial charge in [0.15, 0.2) is 0 Å². The Morgan fingerprint density at radius 2 is 1.93 bits per heavy atom. The number of anilines is 1. The summed E-state index contributed by atoms with van der Waals surface area (Å²) in [5.41, 5.74) is -0.923. The third-order valence-electron chi connectivity index (χ3n) is 4.43. The van der Waals surface area contributed by atoms with Crippen molar-refractivity contribution >= 4 is 23.7 Å². The van der Waals surface area contributed by atoms with Crippen molar-refractivity contribution in [2.75, 3.05) is 11.9 Å². The zero-order valence-corrected chi connectivity index (χ0v) is 15.2. The molecule has 142 valence electrons. The summed E-state index contributed by atoms with van der Waals surface area (Å²) in [7, 11) is 0. The van der Waals surface area contributed by atoms with Crippen molar-refractivity contribution in [1.29, 1.82) is 0 Å². The molecule has 0 spiro atoms. The Balaban J connectivity index is 1.74. The van der Waals surface area contributed by atoms with Gasteiger partial charge in [-0.1, -0.05) is 12.1 Å². The van der Waals surface area contributed by atoms with E-state index in [1.165, 1.54) is 31.2 Å². The molecular weight excluding hydrogens is 353 g/mol. The molecule has 0 saturated carbocycles. The number of hydrogen-bond donors (Lipinski definition) is 2. The SMILES string of the molecule is CC(C)n1nccc1NC(=O)CN1C(=O)NC(C)(c2ccc(F)cc2)C1=O. The van der Waals surface area contributed by atoms with Crippen LogP contribution >= 0.6 is 0 Å². The third kappa shape index (κ3) is 3.40. The lowest BCUT2D eigenvalue weighted by Gasteiger charge is -2.22. The van der Waals surface area contributed by atoms with Crippen LogP contribution in [-0.4, -0.2) is 39.1 Å². The van der Waals surface area contributed by atoms with E-state index in [2.05, 4.69) is 15.7 Å². The number of benzene rings is 1. The minimum absolute atomic E-state index is 0.0359. The smallest absolute Gasteiger partial charge is 0.319 e. The third-order valence-corrected chi connectivity index (χ3v) is 4.43. The highest BCUT2D eigenvalue weighted by Crippen LogP contribution is 2.28. The number of carbonyl (C=O) groups is 3. The number of hydrogen-bond acceptors (Lipinski definition) is 4. The zero-order valence-electron chi connectivity index (χ0n) is 15.2. The van der Waals surface area contributed by atoms with Crippen LogP contribution in [-0.2, 0) is 15.1 Å². The van der Waals surface area contributed by atoms with Gasteiger partial charge < -0.3 is 10.6 Å². The number of halogens is 1. The minimum atomic E-state index is -1.36. The van der Waals surface area contributed by atoms with Gasteiger partial charge in [0.1, 0.15) is 23.7 Å². The summed E-state index contributed by atoms with van der Waals surface area (Å²) in [5.74, 6) is -1.07. The van der Waals surface area contributed by atoms with E-state index in [9.17, 15) is 18.8 Å². The number of imide groups is 1. The molecule has 9 heteroatoms. The Bertz CT molecular complexity index is 893. The van der Waals surface area contributed by atoms with Crippen LogP contribution in [0.1, 0.15) is 32.4 Å². The largest absolute Gasteiger partial charge is 0.325 e. The van der Waals surface area contributed by atoms with Crippen LogP contribution in [0.3, 0.4) is 0 Å². The molecule has 3 rings (SSSR count). The second-order valence-corrected chi connectivity index (χ2v) is 6.76. The van der Waals surface area contributed by atoms with Crippen molar-refractivity contribution < 1.29 is 18.8 Å². The fraction of sp³-hybridized carbons (Fsp3) is 0.333. The average Bonchev–Trinajstić information content (AvgIpc) is 3.15. The topological polar surface area (TPSA) is 96.3 Å². The number of aromatic nitrogens is 2. The second kappa shape index (κ2) is 6.82. The molecule has 2 aromatic rings. The Hall–Kier alpha value is -3.23. The van der Waals surface area contributed by atoms with Gasteiger partial charge in [0.25, 0.3) is 5.91 Å². The number of amides is 4. The summed E-state index contributed by atoms with van der Waals surface area (Å²) in [6.07, 6.45) is 1.55. The standard InChI is InChI=1S/C18H20FN5O3/c1-11(2)24-14(8-9-20-24)21-15(25)10-23-16(26)18(3,22-17(23)27)12-4-6-13(19)7-5-12/h4-9,11H,10H2,1-3H3,(H,21,25)(H,22,27). The van der Waals surface area contributed by atoms with E-state index in [1.54, 1.807) is 16.9 Å². The molecule has 2 heterocycles. The fourth-order valence-electron chi connectivity index (χ4n) is 2.97. The number of rotatable bonds is 5. The lowest BCUT2D eigenvalue weighted by Crippen LogP contribution is -2.42. The Labute approximate surface area is 155 Å². The lowest BCUT2D eigenvalue weighted by atomic mass is 9.92. The van der Waals surface area contributed by atoms with E-state index in [-0.39, 0.29) is 6.04 Å². The Morgan fingerprint density at radius 3 is 2.56 bits per heavy atom. The van der Waals surface area contributed by atoms with Crippen molar-refractivity contribution in [2.45, 2.75) is 32.4 Å². The zero-order chi connectivity index (χ0) is 19.8. The van der Waals surface area contributed by atoms with Gasteiger partial charge in [0.05, 0.1) is 6.20 Å². The van der Waals surface area contributed by atoms with Gasteiger partial charge in [0, 0.05) is 12.1 Å². The molecule has 1 aliphatic heterocycles. The molecule has 1 unspecified atom stereocenters. The van der Waals surface area contributed by atoms with Gasteiger partial charge in [-0.15, -0.1) is 0 Å². The molecule has 8 nitrogen and oxygen atoms in total. The molecule has 2 N–H and O–H groups in total. The monoisotopic (exact) mass is 373 g/mol. The van der Waals surface area contributed by atoms with Crippen molar-refractivity contribution in [2.24, 2.45) is 0 Å². The number of urea groups is 1. The molecule has 27 heavy (non-hydrogen) atoms. The number of nitrogens with zero attached hydrogens (tertiary/aromatic N) is 3. The molecular formula is C18H20FN5O3. The van der Waals surface area contributed by atoms with Crippen LogP contribution in [0.25, 0.3) is 0 Å². The van der Waals surface area contributed by atoms with Crippen molar-refractivity contribution in [3.05, 3.63) is 47.9 Å². The van der Waals surface area contributed by atoms with Crippen LogP contribution < -0.4 is 10.6 Å². The first kappa shape index (κ1) is 18.6. The van der Waals surface area contributed by atoms with Crippen LogP contribution in [0.4, 0.5) is 15.0 Å². The maximum absolute atomic E-state index is 13.1. The number of carbonyl (C=O) groups excluding carboxylic acids is 3. The van der Waals surface area contributed by atoms with Crippen molar-refractivity contribution in [3.8, 4) is 0 Å². The molecule has 1 aromatic heterocycles. The Morgan fingerprint density at radius 1 is 1.26 bits per heavy atom. The van der Waals surface area contributed by atoms with Crippen molar-refractivity contribution in [3.63, 3.8) is 0 Å². The predicted molar refractivity (Wildman–Crippen MR) is 95.2 cm³/mol. The molecule has 0 bridgehead atoms. The highest BCUT2D eigenvalue weighted by molar-refractivity contribution is 6.10. The quantitative estimate of drug-likeness (QED) is 0.784. The molecule has 1 aliphatic rings. The van der Waals surface area contributed by atoms with Crippen LogP contribution in [0.15, 0.2) is 36.5 Å². The number of nitrogens with one attached hydrogen (secondary N) is 2. The van der Waals surface area contributed by atoms with Crippen LogP contribution in [0, 0.1) is 5.82 Å². The van der Waals surface area contributed by atoms with Crippen LogP contribution in [0.2, 0.25) is 0 Å². The van der Waals surface area contributed by atoms with E-state index < -0.39 is 35.7 Å². The maximum atomic E-state index is 13.1. The van der Waals surface area contributed by atoms with Crippen LogP contribution in [0.5, 0.6) is 0 Å². The molecule has 1 saturated heterocycles. The van der Waals surface area contributed by atoms with Gasteiger partial charge in [-0.3, -0.25) is 14.5 Å². The average molecular weight is 373 g/mol. The first-order chi connectivity index (χ1) is 12.7. The summed E-state index contributed by atoms with van der Waals surface area (Å²) in [5, 5.41) is 9.34. The van der Waals surface area contributed by atoms with E-state index in [1.807, 2.05) is 13.8 Å². The van der Waals surface area contributed by atoms with Gasteiger partial charge >= 0.3 is 6.03 Å². The summed E-state index contributed by atoms with van der Waals surface area (Å²) in [4.78, 5) is 38.3. The summed E-state index contributed by atoms with van der Waals surface area (Å²) in [6.45, 7) is 4.90. The van der Waals surface area contributed by atoms with Gasteiger partial charge in [0.2, 0.25) is 5.91 Å². The second-order valence-electron chi connectivity index (χ2n) is 6.76. The van der Waals surface area contributed by atoms with Gasteiger partial charge in [-0.25, -0.2) is 13.9 Å². The lowest BCUT2D eigenvalue weighted by molar-refractivity contribution is -0.133. The highest BCUT2D eigenvalue weighted by atomic mass is 19.1. The summed E-state index contributed by atoms with van der Waals surface area (Å²) >= 11 is 0. The van der Waals surface area contributed by atoms with Crippen molar-refractivity contribution in [1.82, 2.24) is 20.0 Å². The van der Waals surface area contributed by atoms with E-state index in [4.69, 9.17) is 0 Å². The molecule has 1 aromatic carbocycles. The van der Waals surface area contributed by atoms with E-state index in [0.29, 0.717) is 11.4 Å². The van der Waals surface area contributed by atoms with E-state index in [0.717, 1.165) is 4.90 Å². The molecule has 1 atom stereocenters. The molecule has 0 aliphatic carbocycles. The van der Waals surface area contributed by atoms with Gasteiger partial charge in [-0.05, 0) is 38.5 Å². The first-order valence-corrected chi connectivity index (χ1v) is 8.46. The normalized spacial score (nSPS) is 19.5. The van der Waals surface area contributed by atoms with Gasteiger partial charge in [-0.2, -0.15) is 5.10 Å². The molecule has 1 fully saturated rings. The highest BCUT2D eigenvalue weighted by Gasteiger charge is 2.49. The predicted octanol–water partition coefficient (Wildman–Crippen LogP) is 2.01. The summed E-state index contributed by atoms with van der Waals surface area (Å²) < 4.78 is 14.8. The molecule has 4 amide bonds. The fourth-order valence-corrected chi connectivity index (χ4v) is 2.97. The van der Waals surface area contributed by atoms with E-state index >= 15 is 0 Å².